The van der Waals surface area contributed by atoms with Crippen LogP contribution in [0.15, 0.2) is 42.6 Å². The fourth-order valence-electron chi connectivity index (χ4n) is 7.85. The Morgan fingerprint density at radius 2 is 1.79 bits per heavy atom. The maximum absolute atomic E-state index is 15.0. The number of sulfonamides is 1. The van der Waals surface area contributed by atoms with Crippen molar-refractivity contribution in [2.45, 2.75) is 133 Å². The van der Waals surface area contributed by atoms with Gasteiger partial charge in [-0.05, 0) is 77.2 Å². The van der Waals surface area contributed by atoms with E-state index in [1.807, 2.05) is 38.1 Å². The molecule has 4 amide bonds. The molecule has 0 radical (unpaired) electrons. The van der Waals surface area contributed by atoms with Gasteiger partial charge in [0.15, 0.2) is 5.60 Å². The van der Waals surface area contributed by atoms with Crippen LogP contribution in [0.25, 0.3) is 10.8 Å². The number of nitrogens with zero attached hydrogens (tertiary/aromatic N) is 2. The van der Waals surface area contributed by atoms with E-state index in [0.29, 0.717) is 56.6 Å². The second-order valence-corrected chi connectivity index (χ2v) is 19.4. The molecule has 2 aromatic rings. The van der Waals surface area contributed by atoms with Gasteiger partial charge >= 0.3 is 6.09 Å². The maximum Gasteiger partial charge on any atom is 0.408 e. The van der Waals surface area contributed by atoms with Crippen molar-refractivity contribution in [1.82, 2.24) is 25.2 Å². The quantitative estimate of drug-likeness (QED) is 0.263. The molecule has 0 spiro atoms. The van der Waals surface area contributed by atoms with Crippen LogP contribution in [0, 0.1) is 17.8 Å². The standard InChI is InChI=1S/C41H55F2N5O9S/c1-8-25-19-24(2)13-9-10-14-26-21-41(26,36(51)47-58(53,54)39(5)17-18-39)46-33(49)30-20-27(56-34-29-16-12-11-15-28(29)31(55-7)22-44-34)23-48(30)35(50)32(25)45-37(52)57-38(3,4)40(6,42)43/h10-12,14-16,22,24-27,30,32H,8-9,13,17-21,23H2,1-7H3,(H,45,52)(H,46,49)(H,47,51)/b14-10-/t24-,25-,26-,27-,30+,32+,41-/m1/s1. The number of hydrogen-bond donors (Lipinski definition) is 3. The minimum atomic E-state index is -4.05. The summed E-state index contributed by atoms with van der Waals surface area (Å²) >= 11 is 0. The van der Waals surface area contributed by atoms with Crippen LogP contribution in [0.5, 0.6) is 11.6 Å². The first kappa shape index (κ1) is 43.0. The fourth-order valence-corrected chi connectivity index (χ4v) is 9.16. The van der Waals surface area contributed by atoms with Gasteiger partial charge in [0.05, 0.1) is 24.6 Å². The number of nitrogens with one attached hydrogen (secondary N) is 3. The Labute approximate surface area is 338 Å². The van der Waals surface area contributed by atoms with Gasteiger partial charge in [-0.15, -0.1) is 0 Å². The first-order valence-electron chi connectivity index (χ1n) is 20.0. The number of aromatic nitrogens is 1. The lowest BCUT2D eigenvalue weighted by atomic mass is 9.85. The summed E-state index contributed by atoms with van der Waals surface area (Å²) in [5, 5.41) is 6.78. The molecule has 14 nitrogen and oxygen atoms in total. The highest BCUT2D eigenvalue weighted by atomic mass is 32.2. The van der Waals surface area contributed by atoms with Crippen LogP contribution in [0.2, 0.25) is 0 Å². The summed E-state index contributed by atoms with van der Waals surface area (Å²) in [4.78, 5) is 62.6. The molecule has 4 aliphatic rings. The largest absolute Gasteiger partial charge is 0.494 e. The number of hydrogen-bond acceptors (Lipinski definition) is 10. The minimum Gasteiger partial charge on any atom is -0.494 e. The molecule has 2 aliphatic heterocycles. The number of carbonyl (C=O) groups is 4. The predicted octanol–water partition coefficient (Wildman–Crippen LogP) is 5.40. The summed E-state index contributed by atoms with van der Waals surface area (Å²) in [5.74, 6) is -5.91. The Hall–Kier alpha value is -4.54. The molecule has 3 N–H and O–H groups in total. The van der Waals surface area contributed by atoms with E-state index in [1.165, 1.54) is 18.2 Å². The van der Waals surface area contributed by atoms with E-state index in [9.17, 15) is 36.4 Å². The number of carbonyl (C=O) groups excluding carboxylic acids is 4. The Morgan fingerprint density at radius 1 is 1.10 bits per heavy atom. The lowest BCUT2D eigenvalue weighted by Crippen LogP contribution is -2.60. The number of rotatable bonds is 10. The molecule has 1 saturated heterocycles. The average Bonchev–Trinajstić information content (AvgIpc) is 4.04. The number of amides is 4. The average molecular weight is 832 g/mol. The molecule has 3 heterocycles. The topological polar surface area (TPSA) is 182 Å². The first-order chi connectivity index (χ1) is 27.1. The number of methoxy groups -OCH3 is 1. The minimum absolute atomic E-state index is 0.0283. The number of benzene rings is 1. The van der Waals surface area contributed by atoms with E-state index in [2.05, 4.69) is 20.3 Å². The van der Waals surface area contributed by atoms with E-state index in [0.717, 1.165) is 19.2 Å². The summed E-state index contributed by atoms with van der Waals surface area (Å²) in [5.41, 5.74) is -3.83. The Balaban J connectivity index is 1.37. The zero-order chi connectivity index (χ0) is 42.4. The summed E-state index contributed by atoms with van der Waals surface area (Å²) < 4.78 is 73.6. The lowest BCUT2D eigenvalue weighted by Gasteiger charge is -2.35. The Morgan fingerprint density at radius 3 is 2.43 bits per heavy atom. The lowest BCUT2D eigenvalue weighted by molar-refractivity contribution is -0.152. The molecule has 0 bridgehead atoms. The van der Waals surface area contributed by atoms with Gasteiger partial charge in [0.25, 0.3) is 11.8 Å². The molecule has 2 aliphatic carbocycles. The van der Waals surface area contributed by atoms with E-state index in [1.54, 1.807) is 19.1 Å². The number of alkyl halides is 2. The highest BCUT2D eigenvalue weighted by molar-refractivity contribution is 7.91. The van der Waals surface area contributed by atoms with E-state index >= 15 is 0 Å². The van der Waals surface area contributed by atoms with Crippen molar-refractivity contribution >= 4 is 44.6 Å². The van der Waals surface area contributed by atoms with Crippen LogP contribution in [0.4, 0.5) is 13.6 Å². The van der Waals surface area contributed by atoms with Crippen molar-refractivity contribution in [3.63, 3.8) is 0 Å². The molecule has 0 unspecified atom stereocenters. The van der Waals surface area contributed by atoms with Gasteiger partial charge in [0, 0.05) is 30.0 Å². The Kier molecular flexibility index (Phi) is 11.8. The van der Waals surface area contributed by atoms with Crippen LogP contribution in [-0.4, -0.2) is 95.8 Å². The van der Waals surface area contributed by atoms with E-state index < -0.39 is 85.7 Å². The molecule has 1 aromatic heterocycles. The molecule has 3 fully saturated rings. The number of halogens is 2. The molecule has 17 heteroatoms. The summed E-state index contributed by atoms with van der Waals surface area (Å²) in [6, 6.07) is 4.71. The second kappa shape index (κ2) is 15.9. The third-order valence-corrected chi connectivity index (χ3v) is 14.7. The van der Waals surface area contributed by atoms with Crippen LogP contribution in [-0.2, 0) is 29.1 Å². The number of pyridine rings is 1. The van der Waals surface area contributed by atoms with Crippen molar-refractivity contribution in [2.24, 2.45) is 17.8 Å². The van der Waals surface area contributed by atoms with Gasteiger partial charge in [0.2, 0.25) is 27.7 Å². The van der Waals surface area contributed by atoms with Crippen LogP contribution in [0.1, 0.15) is 92.9 Å². The van der Waals surface area contributed by atoms with Crippen molar-refractivity contribution in [3.8, 4) is 11.6 Å². The highest BCUT2D eigenvalue weighted by Gasteiger charge is 2.63. The number of allylic oxidation sites excluding steroid dienone is 1. The summed E-state index contributed by atoms with van der Waals surface area (Å²) in [6.07, 6.45) is 6.20. The van der Waals surface area contributed by atoms with Crippen LogP contribution in [0.3, 0.4) is 0 Å². The third-order valence-electron chi connectivity index (χ3n) is 12.5. The second-order valence-electron chi connectivity index (χ2n) is 17.2. The molecule has 6 rings (SSSR count). The fraction of sp³-hybridized carbons (Fsp3) is 0.634. The van der Waals surface area contributed by atoms with Gasteiger partial charge < -0.3 is 29.7 Å². The zero-order valence-electron chi connectivity index (χ0n) is 34.1. The third kappa shape index (κ3) is 8.60. The molecular formula is C41H55F2N5O9S. The van der Waals surface area contributed by atoms with Gasteiger partial charge in [-0.2, -0.15) is 0 Å². The monoisotopic (exact) mass is 831 g/mol. The van der Waals surface area contributed by atoms with Crippen molar-refractivity contribution in [2.75, 3.05) is 13.7 Å². The van der Waals surface area contributed by atoms with Gasteiger partial charge in [0.1, 0.15) is 29.5 Å². The molecule has 58 heavy (non-hydrogen) atoms. The number of alkyl carbamates (subject to hydrolysis) is 1. The summed E-state index contributed by atoms with van der Waals surface area (Å²) in [6.45, 7) is 8.06. The first-order valence-corrected chi connectivity index (χ1v) is 21.4. The van der Waals surface area contributed by atoms with Crippen molar-refractivity contribution in [1.29, 1.82) is 0 Å². The van der Waals surface area contributed by atoms with Crippen LogP contribution >= 0.6 is 0 Å². The number of ether oxygens (including phenoxy) is 3. The van der Waals surface area contributed by atoms with E-state index in [4.69, 9.17) is 14.2 Å². The molecule has 2 saturated carbocycles. The predicted molar refractivity (Wildman–Crippen MR) is 211 cm³/mol. The zero-order valence-corrected chi connectivity index (χ0v) is 34.9. The van der Waals surface area contributed by atoms with Crippen LogP contribution < -0.4 is 24.8 Å². The summed E-state index contributed by atoms with van der Waals surface area (Å²) in [7, 11) is -2.54. The van der Waals surface area contributed by atoms with Crippen molar-refractivity contribution in [3.05, 3.63) is 42.6 Å². The maximum atomic E-state index is 15.0. The molecule has 1 aromatic carbocycles. The van der Waals surface area contributed by atoms with Gasteiger partial charge in [-0.3, -0.25) is 19.1 Å². The van der Waals surface area contributed by atoms with Gasteiger partial charge in [-0.25, -0.2) is 27.0 Å². The SMILES string of the molecule is CC[C@@H]1C[C@H](C)CC/C=C\[C@@H]2C[C@@]2(C(=O)NS(=O)(=O)C2(C)CC2)NC(=O)[C@@H]2C[C@@H](Oc3ncc(OC)c4ccccc34)CN2C(=O)[C@H]1NC(=O)OC(C)(C)C(C)(F)F. The van der Waals surface area contributed by atoms with Gasteiger partial charge in [-0.1, -0.05) is 50.6 Å². The molecule has 318 valence electrons. The Bertz CT molecular complexity index is 2070. The highest BCUT2D eigenvalue weighted by Crippen LogP contribution is 2.48. The molecule has 7 atom stereocenters. The normalized spacial score (nSPS) is 29.4. The number of fused-ring (bicyclic) bond motifs is 3. The molecular weight excluding hydrogens is 777 g/mol. The van der Waals surface area contributed by atoms with Crippen molar-refractivity contribution < 1.29 is 50.6 Å². The van der Waals surface area contributed by atoms with E-state index in [-0.39, 0.29) is 31.2 Å². The smallest absolute Gasteiger partial charge is 0.408 e.